The molecule has 1 N–H and O–H groups in total. The van der Waals surface area contributed by atoms with Gasteiger partial charge in [0.05, 0.1) is 25.3 Å². The number of fused-ring (bicyclic) bond motifs is 1. The molecule has 1 aliphatic heterocycles. The molecule has 8 heteroatoms. The van der Waals surface area contributed by atoms with Crippen LogP contribution in [0.3, 0.4) is 0 Å². The topological polar surface area (TPSA) is 62.2 Å². The van der Waals surface area contributed by atoms with Crippen molar-refractivity contribution in [3.8, 4) is 18.1 Å². The zero-order chi connectivity index (χ0) is 25.2. The number of carbonyl (C=O) groups excluding carboxylic acids is 1. The summed E-state index contributed by atoms with van der Waals surface area (Å²) in [6, 6.07) is 7.74. The predicted molar refractivity (Wildman–Crippen MR) is 136 cm³/mol. The van der Waals surface area contributed by atoms with Gasteiger partial charge < -0.3 is 19.5 Å². The molecule has 0 bridgehead atoms. The van der Waals surface area contributed by atoms with Gasteiger partial charge in [-0.25, -0.2) is 4.39 Å². The van der Waals surface area contributed by atoms with Crippen molar-refractivity contribution in [3.05, 3.63) is 52.0 Å². The lowest BCUT2D eigenvalue weighted by Gasteiger charge is -2.37. The summed E-state index contributed by atoms with van der Waals surface area (Å²) >= 11 is 1.70. The van der Waals surface area contributed by atoms with Crippen molar-refractivity contribution in [1.29, 1.82) is 0 Å². The van der Waals surface area contributed by atoms with Crippen LogP contribution in [0.5, 0.6) is 5.75 Å². The van der Waals surface area contributed by atoms with Crippen LogP contribution in [0.15, 0.2) is 35.7 Å². The number of aliphatic hydroxyl groups excluding tert-OH is 1. The molecule has 3 rings (SSSR count). The van der Waals surface area contributed by atoms with Crippen LogP contribution in [0.4, 0.5) is 4.39 Å². The van der Waals surface area contributed by atoms with Crippen LogP contribution in [0.25, 0.3) is 0 Å². The first kappa shape index (κ1) is 27.2. The van der Waals surface area contributed by atoms with Crippen LogP contribution >= 0.6 is 11.3 Å². The van der Waals surface area contributed by atoms with E-state index in [1.165, 1.54) is 17.0 Å². The van der Waals surface area contributed by atoms with Crippen LogP contribution in [-0.4, -0.2) is 72.9 Å². The molecule has 6 nitrogen and oxygen atoms in total. The van der Waals surface area contributed by atoms with E-state index in [2.05, 4.69) is 25.8 Å². The van der Waals surface area contributed by atoms with Crippen LogP contribution in [0.1, 0.15) is 36.8 Å². The lowest BCUT2D eigenvalue weighted by molar-refractivity contribution is -0.136. The Morgan fingerprint density at radius 1 is 1.34 bits per heavy atom. The molecule has 0 saturated heterocycles. The van der Waals surface area contributed by atoms with Gasteiger partial charge in [0.25, 0.3) is 0 Å². The third kappa shape index (κ3) is 8.32. The van der Waals surface area contributed by atoms with Crippen molar-refractivity contribution < 1.29 is 23.8 Å². The monoisotopic (exact) mass is 502 g/mol. The molecule has 0 unspecified atom stereocenters. The SMILES string of the molecule is C#CCOC[C@@H](O)CN(CCC(C)C)CC(=O)N1CCc2sccc2[C@@H]1COc1ccc(F)cc1. The summed E-state index contributed by atoms with van der Waals surface area (Å²) in [6.07, 6.45) is 6.20. The van der Waals surface area contributed by atoms with Crippen molar-refractivity contribution >= 4 is 17.2 Å². The number of halogens is 1. The molecular weight excluding hydrogens is 467 g/mol. The number of terminal acetylenes is 1. The lowest BCUT2D eigenvalue weighted by atomic mass is 10.00. The van der Waals surface area contributed by atoms with Crippen molar-refractivity contribution in [1.82, 2.24) is 9.80 Å². The third-order valence-corrected chi connectivity index (χ3v) is 6.98. The van der Waals surface area contributed by atoms with E-state index in [-0.39, 0.29) is 44.1 Å². The maximum atomic E-state index is 13.5. The average Bonchev–Trinajstić information content (AvgIpc) is 3.31. The fourth-order valence-corrected chi connectivity index (χ4v) is 5.07. The van der Waals surface area contributed by atoms with Gasteiger partial charge in [0, 0.05) is 18.0 Å². The number of hydrogen-bond acceptors (Lipinski definition) is 6. The first-order valence-electron chi connectivity index (χ1n) is 12.0. The molecule has 2 aromatic rings. The Labute approximate surface area is 211 Å². The number of nitrogens with zero attached hydrogens (tertiary/aromatic N) is 2. The molecule has 1 aromatic carbocycles. The Hall–Kier alpha value is -2.44. The van der Waals surface area contributed by atoms with Gasteiger partial charge in [0.1, 0.15) is 24.8 Å². The summed E-state index contributed by atoms with van der Waals surface area (Å²) in [5, 5.41) is 12.5. The minimum Gasteiger partial charge on any atom is -0.491 e. The molecule has 0 spiro atoms. The smallest absolute Gasteiger partial charge is 0.237 e. The molecule has 35 heavy (non-hydrogen) atoms. The normalized spacial score (nSPS) is 16.3. The number of benzene rings is 1. The number of rotatable bonds is 13. The molecule has 0 radical (unpaired) electrons. The molecular formula is C27H35FN2O4S. The molecule has 1 amide bonds. The average molecular weight is 503 g/mol. The van der Waals surface area contributed by atoms with Crippen LogP contribution in [0, 0.1) is 24.1 Å². The zero-order valence-electron chi connectivity index (χ0n) is 20.5. The highest BCUT2D eigenvalue weighted by atomic mass is 32.1. The standard InChI is InChI=1S/C27H35FN2O4S/c1-4-14-33-18-22(31)16-29(12-9-20(2)3)17-27(32)30-13-10-26-24(11-15-35-26)25(30)19-34-23-7-5-21(28)6-8-23/h1,5-8,11,15,20,22,25,31H,9-10,12-14,16-19H2,2-3H3/t22-,25-/m0/s1. The van der Waals surface area contributed by atoms with Crippen molar-refractivity contribution in [3.63, 3.8) is 0 Å². The highest BCUT2D eigenvalue weighted by molar-refractivity contribution is 7.10. The Morgan fingerprint density at radius 2 is 2.11 bits per heavy atom. The molecule has 2 heterocycles. The minimum absolute atomic E-state index is 0.00458. The molecule has 1 aromatic heterocycles. The Balaban J connectivity index is 1.68. The summed E-state index contributed by atoms with van der Waals surface area (Å²) in [7, 11) is 0. The van der Waals surface area contributed by atoms with Crippen LogP contribution in [-0.2, 0) is 16.0 Å². The largest absolute Gasteiger partial charge is 0.491 e. The summed E-state index contributed by atoms with van der Waals surface area (Å²) in [6.45, 7) is 6.68. The highest BCUT2D eigenvalue weighted by Gasteiger charge is 2.33. The molecule has 0 saturated carbocycles. The third-order valence-electron chi connectivity index (χ3n) is 5.98. The van der Waals surface area contributed by atoms with Crippen molar-refractivity contribution in [2.45, 2.75) is 38.8 Å². The summed E-state index contributed by atoms with van der Waals surface area (Å²) in [5.74, 6) is 3.11. The van der Waals surface area contributed by atoms with Crippen molar-refractivity contribution in [2.75, 3.05) is 46.0 Å². The second-order valence-corrected chi connectivity index (χ2v) is 10.2. The highest BCUT2D eigenvalue weighted by Crippen LogP contribution is 2.34. The molecule has 0 fully saturated rings. The molecule has 0 aliphatic carbocycles. The van der Waals surface area contributed by atoms with E-state index in [0.29, 0.717) is 31.3 Å². The van der Waals surface area contributed by atoms with Gasteiger partial charge >= 0.3 is 0 Å². The van der Waals surface area contributed by atoms with Gasteiger partial charge in [0.15, 0.2) is 0 Å². The van der Waals surface area contributed by atoms with Gasteiger partial charge in [-0.05, 0) is 66.6 Å². The number of hydrogen-bond donors (Lipinski definition) is 1. The summed E-state index contributed by atoms with van der Waals surface area (Å²) in [4.78, 5) is 18.7. The van der Waals surface area contributed by atoms with Gasteiger partial charge in [-0.2, -0.15) is 0 Å². The van der Waals surface area contributed by atoms with E-state index in [4.69, 9.17) is 15.9 Å². The van der Waals surface area contributed by atoms with E-state index >= 15 is 0 Å². The number of aliphatic hydroxyl groups is 1. The Kier molecular flexibility index (Phi) is 10.5. The summed E-state index contributed by atoms with van der Waals surface area (Å²) < 4.78 is 24.5. The summed E-state index contributed by atoms with van der Waals surface area (Å²) in [5.41, 5.74) is 1.10. The van der Waals surface area contributed by atoms with E-state index < -0.39 is 6.10 Å². The van der Waals surface area contributed by atoms with Crippen LogP contribution in [0.2, 0.25) is 0 Å². The fourth-order valence-electron chi connectivity index (χ4n) is 4.14. The molecule has 2 atom stereocenters. The minimum atomic E-state index is -0.731. The number of ether oxygens (including phenoxy) is 2. The lowest BCUT2D eigenvalue weighted by Crippen LogP contribution is -2.48. The maximum Gasteiger partial charge on any atom is 0.237 e. The quantitative estimate of drug-likeness (QED) is 0.334. The van der Waals surface area contributed by atoms with E-state index in [1.807, 2.05) is 15.2 Å². The van der Waals surface area contributed by atoms with Gasteiger partial charge in [-0.3, -0.25) is 9.69 Å². The van der Waals surface area contributed by atoms with E-state index in [1.54, 1.807) is 23.5 Å². The number of thiophene rings is 1. The maximum absolute atomic E-state index is 13.5. The Morgan fingerprint density at radius 3 is 2.83 bits per heavy atom. The number of amides is 1. The Bertz CT molecular complexity index is 972. The van der Waals surface area contributed by atoms with E-state index in [0.717, 1.165) is 18.4 Å². The number of carbonyl (C=O) groups is 1. The predicted octanol–water partition coefficient (Wildman–Crippen LogP) is 3.75. The van der Waals surface area contributed by atoms with Gasteiger partial charge in [-0.15, -0.1) is 17.8 Å². The van der Waals surface area contributed by atoms with E-state index in [9.17, 15) is 14.3 Å². The first-order chi connectivity index (χ1) is 16.9. The van der Waals surface area contributed by atoms with Gasteiger partial charge in [0.2, 0.25) is 5.91 Å². The second-order valence-electron chi connectivity index (χ2n) is 9.21. The zero-order valence-corrected chi connectivity index (χ0v) is 21.3. The van der Waals surface area contributed by atoms with Gasteiger partial charge in [-0.1, -0.05) is 19.8 Å². The first-order valence-corrected chi connectivity index (χ1v) is 12.9. The molecule has 190 valence electrons. The van der Waals surface area contributed by atoms with Crippen molar-refractivity contribution in [2.24, 2.45) is 5.92 Å². The fraction of sp³-hybridized carbons (Fsp3) is 0.519. The second kappa shape index (κ2) is 13.6. The van der Waals surface area contributed by atoms with Crippen LogP contribution < -0.4 is 4.74 Å². The molecule has 1 aliphatic rings.